The van der Waals surface area contributed by atoms with Gasteiger partial charge in [0.25, 0.3) is 0 Å². The molecule has 0 radical (unpaired) electrons. The average molecular weight is 232 g/mol. The van der Waals surface area contributed by atoms with E-state index in [2.05, 4.69) is 16.2 Å². The van der Waals surface area contributed by atoms with Gasteiger partial charge in [-0.25, -0.2) is 0 Å². The van der Waals surface area contributed by atoms with Gasteiger partial charge in [0.1, 0.15) is 0 Å². The van der Waals surface area contributed by atoms with Crippen molar-refractivity contribution in [2.24, 2.45) is 0 Å². The van der Waals surface area contributed by atoms with Crippen LogP contribution in [0.1, 0.15) is 0 Å². The summed E-state index contributed by atoms with van der Waals surface area (Å²) in [6, 6.07) is 0. The Kier molecular flexibility index (Phi) is 4.52. The molecule has 0 spiro atoms. The third-order valence-corrected chi connectivity index (χ3v) is 2.50. The first-order chi connectivity index (χ1) is 3.95. The maximum atomic E-state index is 10.3. The molecule has 0 aliphatic rings. The summed E-state index contributed by atoms with van der Waals surface area (Å²) < 4.78 is 3.74. The van der Waals surface area contributed by atoms with Gasteiger partial charge in [0.2, 0.25) is 0 Å². The third-order valence-electron chi connectivity index (χ3n) is 0.431. The van der Waals surface area contributed by atoms with Crippen LogP contribution in [0.4, 0.5) is 0 Å². The summed E-state index contributed by atoms with van der Waals surface area (Å²) in [4.78, 5) is 10.3. The van der Waals surface area contributed by atoms with Crippen molar-refractivity contribution in [2.45, 2.75) is 0 Å². The minimum absolute atomic E-state index is 0.207. The summed E-state index contributed by atoms with van der Waals surface area (Å²) in [7, 11) is 0. The fourth-order valence-corrected chi connectivity index (χ4v) is 1.72. The molecular formula is C2H3Cl4O2P. The number of halogens is 4. The van der Waals surface area contributed by atoms with Crippen LogP contribution in [0.25, 0.3) is 0 Å². The van der Waals surface area contributed by atoms with Crippen LogP contribution in [0.2, 0.25) is 0 Å². The molecule has 0 aromatic rings. The van der Waals surface area contributed by atoms with Gasteiger partial charge in [-0.15, -0.1) is 0 Å². The second-order valence-electron chi connectivity index (χ2n) is 1.24. The van der Waals surface area contributed by atoms with Crippen LogP contribution in [0.5, 0.6) is 0 Å². The van der Waals surface area contributed by atoms with Crippen LogP contribution in [0.15, 0.2) is 0 Å². The molecule has 0 aromatic carbocycles. The molecule has 56 valence electrons. The zero-order chi connectivity index (χ0) is 7.49. The molecule has 0 aliphatic carbocycles. The van der Waals surface area contributed by atoms with Crippen molar-refractivity contribution in [3.8, 4) is 0 Å². The standard InChI is InChI=1S/C2H3Cl4O2P/c3-8-2(7)1-9(4,5)6/h9H,1H2. The van der Waals surface area contributed by atoms with Gasteiger partial charge in [-0.2, -0.15) is 0 Å². The second kappa shape index (κ2) is 4.05. The van der Waals surface area contributed by atoms with Crippen LogP contribution < -0.4 is 0 Å². The molecule has 0 unspecified atom stereocenters. The molecular weight excluding hydrogens is 229 g/mol. The van der Waals surface area contributed by atoms with Crippen LogP contribution in [-0.2, 0) is 9.08 Å². The molecule has 0 N–H and O–H groups in total. The summed E-state index contributed by atoms with van der Waals surface area (Å²) >= 11 is 20.6. The zero-order valence-corrected chi connectivity index (χ0v) is 8.06. The van der Waals surface area contributed by atoms with E-state index in [4.69, 9.17) is 33.7 Å². The molecule has 0 aliphatic heterocycles. The van der Waals surface area contributed by atoms with Crippen molar-refractivity contribution in [1.82, 2.24) is 0 Å². The molecule has 0 heterocycles. The Labute approximate surface area is 72.2 Å². The normalized spacial score (nSPS) is 12.9. The van der Waals surface area contributed by atoms with Gasteiger partial charge in [0, 0.05) is 0 Å². The first-order valence-corrected chi connectivity index (χ1v) is 7.39. The predicted molar refractivity (Wildman–Crippen MR) is 42.7 cm³/mol. The predicted octanol–water partition coefficient (Wildman–Crippen LogP) is 2.89. The van der Waals surface area contributed by atoms with Crippen molar-refractivity contribution in [1.29, 1.82) is 0 Å². The number of carbonyl (C=O) groups excluding carboxylic acids is 1. The Hall–Kier alpha value is 1.06. The Morgan fingerprint density at radius 3 is 2.00 bits per heavy atom. The van der Waals surface area contributed by atoms with Crippen molar-refractivity contribution in [3.05, 3.63) is 0 Å². The minimum atomic E-state index is -2.88. The van der Waals surface area contributed by atoms with E-state index in [0.717, 1.165) is 0 Å². The topological polar surface area (TPSA) is 26.3 Å². The summed E-state index contributed by atoms with van der Waals surface area (Å²) in [6.07, 6.45) is -0.207. The molecule has 0 atom stereocenters. The van der Waals surface area contributed by atoms with E-state index in [1.807, 2.05) is 0 Å². The van der Waals surface area contributed by atoms with Gasteiger partial charge < -0.3 is 0 Å². The van der Waals surface area contributed by atoms with Crippen molar-refractivity contribution < 1.29 is 9.08 Å². The first-order valence-electron chi connectivity index (χ1n) is 1.84. The number of hydrogen-bond acceptors (Lipinski definition) is 2. The van der Waals surface area contributed by atoms with Gasteiger partial charge in [0.05, 0.1) is 0 Å². The van der Waals surface area contributed by atoms with Crippen LogP contribution in [0, 0.1) is 0 Å². The van der Waals surface area contributed by atoms with Gasteiger partial charge in [0.15, 0.2) is 0 Å². The zero-order valence-electron chi connectivity index (χ0n) is 4.04. The number of rotatable bonds is 2. The first kappa shape index (κ1) is 10.1. The Morgan fingerprint density at radius 2 is 1.89 bits per heavy atom. The average Bonchev–Trinajstić information content (AvgIpc) is 1.62. The Morgan fingerprint density at radius 1 is 1.44 bits per heavy atom. The second-order valence-corrected chi connectivity index (χ2v) is 10.5. The Balaban J connectivity index is 3.60. The van der Waals surface area contributed by atoms with Crippen LogP contribution in [0.3, 0.4) is 0 Å². The molecule has 0 aromatic heterocycles. The Bertz CT molecular complexity index is 110. The van der Waals surface area contributed by atoms with Crippen LogP contribution in [-0.4, -0.2) is 12.1 Å². The van der Waals surface area contributed by atoms with E-state index < -0.39 is 11.3 Å². The van der Waals surface area contributed by atoms with E-state index >= 15 is 0 Å². The van der Waals surface area contributed by atoms with E-state index in [1.165, 1.54) is 0 Å². The number of hydrogen-bond donors (Lipinski definition) is 0. The molecule has 7 heteroatoms. The molecule has 0 fully saturated rings. The number of carbonyl (C=O) groups is 1. The molecule has 0 saturated carbocycles. The molecule has 0 amide bonds. The van der Waals surface area contributed by atoms with Gasteiger partial charge in [-0.05, 0) is 0 Å². The van der Waals surface area contributed by atoms with Gasteiger partial charge >= 0.3 is 72.1 Å². The molecule has 0 rings (SSSR count). The summed E-state index contributed by atoms with van der Waals surface area (Å²) in [5.41, 5.74) is 0. The van der Waals surface area contributed by atoms with Gasteiger partial charge in [-0.1, -0.05) is 0 Å². The summed E-state index contributed by atoms with van der Waals surface area (Å²) in [5, 5.41) is -2.88. The van der Waals surface area contributed by atoms with Gasteiger partial charge in [-0.3, -0.25) is 0 Å². The van der Waals surface area contributed by atoms with Crippen molar-refractivity contribution in [3.63, 3.8) is 0 Å². The molecule has 0 saturated heterocycles. The maximum absolute atomic E-state index is 10.3. The van der Waals surface area contributed by atoms with E-state index in [1.54, 1.807) is 0 Å². The van der Waals surface area contributed by atoms with E-state index in [9.17, 15) is 4.79 Å². The van der Waals surface area contributed by atoms with Crippen molar-refractivity contribution in [2.75, 3.05) is 6.16 Å². The fourth-order valence-electron chi connectivity index (χ4n) is 0.191. The van der Waals surface area contributed by atoms with Crippen LogP contribution >= 0.6 is 50.9 Å². The van der Waals surface area contributed by atoms with E-state index in [0.29, 0.717) is 0 Å². The monoisotopic (exact) mass is 230 g/mol. The summed E-state index contributed by atoms with van der Waals surface area (Å²) in [5.74, 6) is -0.705. The fraction of sp³-hybridized carbons (Fsp3) is 0.500. The third kappa shape index (κ3) is 6.95. The molecule has 2 nitrogen and oxygen atoms in total. The molecule has 0 bridgehead atoms. The van der Waals surface area contributed by atoms with E-state index in [-0.39, 0.29) is 6.16 Å². The SMILES string of the molecule is O=C(C[PH](Cl)(Cl)Cl)OCl. The van der Waals surface area contributed by atoms with Crippen molar-refractivity contribution >= 4 is 56.9 Å². The molecule has 9 heavy (non-hydrogen) atoms. The quantitative estimate of drug-likeness (QED) is 0.684. The summed E-state index contributed by atoms with van der Waals surface area (Å²) in [6.45, 7) is 0.